The lowest BCUT2D eigenvalue weighted by Gasteiger charge is -2.20. The monoisotopic (exact) mass is 363 g/mol. The summed E-state index contributed by atoms with van der Waals surface area (Å²) in [6.45, 7) is 5.64. The first-order valence-electron chi connectivity index (χ1n) is 8.23. The summed E-state index contributed by atoms with van der Waals surface area (Å²) >= 11 is 6.21. The predicted molar refractivity (Wildman–Crippen MR) is 98.5 cm³/mol. The van der Waals surface area contributed by atoms with E-state index in [1.54, 1.807) is 13.2 Å². The molecule has 0 aliphatic carbocycles. The number of benzene rings is 2. The number of ether oxygens (including phenoxy) is 4. The molecule has 1 N–H and O–H groups in total. The van der Waals surface area contributed by atoms with Gasteiger partial charge in [-0.3, -0.25) is 0 Å². The van der Waals surface area contributed by atoms with E-state index in [-0.39, 0.29) is 6.10 Å². The van der Waals surface area contributed by atoms with Crippen molar-refractivity contribution < 1.29 is 18.9 Å². The predicted octanol–water partition coefficient (Wildman–Crippen LogP) is 4.52. The van der Waals surface area contributed by atoms with Gasteiger partial charge in [0.1, 0.15) is 13.2 Å². The highest BCUT2D eigenvalue weighted by atomic mass is 35.5. The molecule has 2 aromatic rings. The van der Waals surface area contributed by atoms with Crippen LogP contribution in [0, 0.1) is 0 Å². The van der Waals surface area contributed by atoms with Gasteiger partial charge >= 0.3 is 0 Å². The summed E-state index contributed by atoms with van der Waals surface area (Å²) in [6.07, 6.45) is 0.0307. The second kappa shape index (κ2) is 7.74. The average molecular weight is 364 g/mol. The molecule has 1 aliphatic heterocycles. The van der Waals surface area contributed by atoms with Gasteiger partial charge in [0.15, 0.2) is 23.0 Å². The molecule has 1 aliphatic rings. The molecular weight excluding hydrogens is 342 g/mol. The fourth-order valence-electron chi connectivity index (χ4n) is 2.63. The molecule has 5 nitrogen and oxygen atoms in total. The van der Waals surface area contributed by atoms with E-state index in [2.05, 4.69) is 5.32 Å². The first-order chi connectivity index (χ1) is 12.1. The molecule has 0 atom stereocenters. The van der Waals surface area contributed by atoms with E-state index in [1.807, 2.05) is 38.1 Å². The molecule has 0 amide bonds. The lowest BCUT2D eigenvalue weighted by Crippen LogP contribution is -2.15. The van der Waals surface area contributed by atoms with Crippen LogP contribution in [0.1, 0.15) is 19.4 Å². The summed E-state index contributed by atoms with van der Waals surface area (Å²) in [5.41, 5.74) is 1.85. The number of rotatable bonds is 6. The van der Waals surface area contributed by atoms with Crippen molar-refractivity contribution in [2.75, 3.05) is 25.6 Å². The largest absolute Gasteiger partial charge is 0.493 e. The van der Waals surface area contributed by atoms with Crippen LogP contribution in [0.5, 0.6) is 23.0 Å². The summed E-state index contributed by atoms with van der Waals surface area (Å²) < 4.78 is 22.5. The molecule has 0 saturated heterocycles. The Bertz CT molecular complexity index is 748. The highest BCUT2D eigenvalue weighted by Crippen LogP contribution is 2.37. The maximum atomic E-state index is 6.21. The van der Waals surface area contributed by atoms with Crippen molar-refractivity contribution in [1.29, 1.82) is 0 Å². The second-order valence-corrected chi connectivity index (χ2v) is 6.41. The maximum absolute atomic E-state index is 6.21. The zero-order chi connectivity index (χ0) is 17.8. The van der Waals surface area contributed by atoms with E-state index in [4.69, 9.17) is 30.5 Å². The van der Waals surface area contributed by atoms with Crippen molar-refractivity contribution in [2.45, 2.75) is 26.5 Å². The zero-order valence-corrected chi connectivity index (χ0v) is 15.4. The van der Waals surface area contributed by atoms with Crippen LogP contribution < -0.4 is 24.3 Å². The highest BCUT2D eigenvalue weighted by Gasteiger charge is 2.15. The Hall–Kier alpha value is -2.27. The van der Waals surface area contributed by atoms with Gasteiger partial charge in [0, 0.05) is 35.0 Å². The molecular formula is C19H22ClNO4. The Morgan fingerprint density at radius 2 is 1.88 bits per heavy atom. The fourth-order valence-corrected chi connectivity index (χ4v) is 2.86. The third kappa shape index (κ3) is 4.23. The van der Waals surface area contributed by atoms with Gasteiger partial charge in [-0.2, -0.15) is 0 Å². The van der Waals surface area contributed by atoms with Crippen molar-refractivity contribution in [3.8, 4) is 23.0 Å². The van der Waals surface area contributed by atoms with Gasteiger partial charge in [-0.15, -0.1) is 0 Å². The van der Waals surface area contributed by atoms with Gasteiger partial charge < -0.3 is 24.3 Å². The lowest BCUT2D eigenvalue weighted by atomic mass is 10.1. The highest BCUT2D eigenvalue weighted by molar-refractivity contribution is 6.30. The van der Waals surface area contributed by atoms with E-state index in [0.717, 1.165) is 22.7 Å². The van der Waals surface area contributed by atoms with Gasteiger partial charge in [-0.25, -0.2) is 0 Å². The van der Waals surface area contributed by atoms with E-state index in [9.17, 15) is 0 Å². The lowest BCUT2D eigenvalue weighted by molar-refractivity contribution is 0.171. The number of anilines is 1. The van der Waals surface area contributed by atoms with Crippen LogP contribution in [0.3, 0.4) is 0 Å². The van der Waals surface area contributed by atoms with Crippen LogP contribution >= 0.6 is 11.6 Å². The fraction of sp³-hybridized carbons (Fsp3) is 0.368. The number of fused-ring (bicyclic) bond motifs is 1. The van der Waals surface area contributed by atoms with E-state index >= 15 is 0 Å². The number of halogens is 1. The number of hydrogen-bond acceptors (Lipinski definition) is 5. The van der Waals surface area contributed by atoms with Crippen LogP contribution in [0.2, 0.25) is 5.02 Å². The minimum absolute atomic E-state index is 0.0307. The zero-order valence-electron chi connectivity index (χ0n) is 14.6. The number of methoxy groups -OCH3 is 1. The van der Waals surface area contributed by atoms with Crippen LogP contribution in [-0.2, 0) is 6.54 Å². The molecule has 0 bridgehead atoms. The smallest absolute Gasteiger partial charge is 0.166 e. The number of hydrogen-bond donors (Lipinski definition) is 1. The van der Waals surface area contributed by atoms with Crippen LogP contribution in [0.25, 0.3) is 0 Å². The summed E-state index contributed by atoms with van der Waals surface area (Å²) in [6, 6.07) is 9.43. The Balaban J connectivity index is 1.81. The van der Waals surface area contributed by atoms with Crippen LogP contribution in [0.15, 0.2) is 30.3 Å². The molecule has 6 heteroatoms. The SMILES string of the molecule is COc1cc(Cl)cc(CNc2ccc3c(c2)OCCO3)c1OC(C)C. The van der Waals surface area contributed by atoms with E-state index in [1.165, 1.54) is 0 Å². The molecule has 2 aromatic carbocycles. The molecule has 0 unspecified atom stereocenters. The summed E-state index contributed by atoms with van der Waals surface area (Å²) in [4.78, 5) is 0. The molecule has 0 fully saturated rings. The molecule has 3 rings (SSSR count). The normalized spacial score (nSPS) is 12.8. The first kappa shape index (κ1) is 17.5. The van der Waals surface area contributed by atoms with Crippen molar-refractivity contribution in [2.24, 2.45) is 0 Å². The Morgan fingerprint density at radius 3 is 2.60 bits per heavy atom. The summed E-state index contributed by atoms with van der Waals surface area (Å²) in [5, 5.41) is 3.98. The van der Waals surface area contributed by atoms with Gasteiger partial charge in [0.05, 0.1) is 13.2 Å². The van der Waals surface area contributed by atoms with Gasteiger partial charge in [0.25, 0.3) is 0 Å². The molecule has 1 heterocycles. The van der Waals surface area contributed by atoms with Crippen molar-refractivity contribution in [3.05, 3.63) is 40.9 Å². The third-order valence-electron chi connectivity index (χ3n) is 3.70. The second-order valence-electron chi connectivity index (χ2n) is 5.97. The molecule has 0 aromatic heterocycles. The molecule has 0 spiro atoms. The Kier molecular flexibility index (Phi) is 5.43. The quantitative estimate of drug-likeness (QED) is 0.817. The van der Waals surface area contributed by atoms with E-state index < -0.39 is 0 Å². The molecule has 25 heavy (non-hydrogen) atoms. The number of nitrogens with one attached hydrogen (secondary N) is 1. The average Bonchev–Trinajstić information content (AvgIpc) is 2.61. The van der Waals surface area contributed by atoms with Crippen molar-refractivity contribution in [1.82, 2.24) is 0 Å². The molecule has 0 radical (unpaired) electrons. The first-order valence-corrected chi connectivity index (χ1v) is 8.61. The van der Waals surface area contributed by atoms with Crippen molar-refractivity contribution in [3.63, 3.8) is 0 Å². The minimum Gasteiger partial charge on any atom is -0.493 e. The molecule has 0 saturated carbocycles. The summed E-state index contributed by atoms with van der Waals surface area (Å²) in [5.74, 6) is 2.84. The topological polar surface area (TPSA) is 49.0 Å². The van der Waals surface area contributed by atoms with Gasteiger partial charge in [-0.05, 0) is 32.0 Å². The van der Waals surface area contributed by atoms with Crippen molar-refractivity contribution >= 4 is 17.3 Å². The standard InChI is InChI=1S/C19H22ClNO4/c1-12(2)25-19-13(8-14(20)9-18(19)22-3)11-21-15-4-5-16-17(10-15)24-7-6-23-16/h4-5,8-10,12,21H,6-7,11H2,1-3H3. The van der Waals surface area contributed by atoms with Crippen LogP contribution in [0.4, 0.5) is 5.69 Å². The van der Waals surface area contributed by atoms with E-state index in [0.29, 0.717) is 36.3 Å². The Morgan fingerprint density at radius 1 is 1.12 bits per heavy atom. The minimum atomic E-state index is 0.0307. The Labute approximate surface area is 152 Å². The summed E-state index contributed by atoms with van der Waals surface area (Å²) in [7, 11) is 1.61. The van der Waals surface area contributed by atoms with Gasteiger partial charge in [0.2, 0.25) is 0 Å². The molecule has 134 valence electrons. The third-order valence-corrected chi connectivity index (χ3v) is 3.91. The van der Waals surface area contributed by atoms with Gasteiger partial charge in [-0.1, -0.05) is 11.6 Å². The van der Waals surface area contributed by atoms with Crippen LogP contribution in [-0.4, -0.2) is 26.4 Å². The maximum Gasteiger partial charge on any atom is 0.166 e.